The maximum Gasteiger partial charge on any atom is 0.0306 e. The molecule has 0 heterocycles. The molecule has 20 bridgehead atoms. The highest BCUT2D eigenvalue weighted by atomic mass is 14.5. The molecule has 0 N–H and O–H groups in total. The van der Waals surface area contributed by atoms with Crippen LogP contribution in [0.25, 0.3) is 0 Å². The quantitative estimate of drug-likeness (QED) is 0.227. The molecule has 0 aromatic heterocycles. The van der Waals surface area contributed by atoms with Crippen molar-refractivity contribution in [3.05, 3.63) is 0 Å². The third kappa shape index (κ3) is 29.4. The highest BCUT2D eigenvalue weighted by Crippen LogP contribution is 2.59. The second-order valence-corrected chi connectivity index (χ2v) is 46.0. The topological polar surface area (TPSA) is 0 Å². The van der Waals surface area contributed by atoms with E-state index in [4.69, 9.17) is 15.1 Å². The Hall–Kier alpha value is 0. The summed E-state index contributed by atoms with van der Waals surface area (Å²) in [4.78, 5) is 0. The minimum absolute atomic E-state index is 0.0231. The molecule has 28 rings (SSSR count). The van der Waals surface area contributed by atoms with Crippen LogP contribution in [0.1, 0.15) is 515 Å². The first-order chi connectivity index (χ1) is 56.3. The van der Waals surface area contributed by atoms with Crippen molar-refractivity contribution in [1.29, 1.82) is 0 Å². The average Bonchev–Trinajstić information content (AvgIpc) is 0.974. The van der Waals surface area contributed by atoms with Crippen LogP contribution in [-0.2, 0) is 0 Å². The summed E-state index contributed by atoms with van der Waals surface area (Å²) < 4.78 is 88.1. The molecule has 8 unspecified atom stereocenters. The summed E-state index contributed by atoms with van der Waals surface area (Å²) in [5, 5.41) is 0. The van der Waals surface area contributed by atoms with Gasteiger partial charge in [-0.3, -0.25) is 0 Å². The molecule has 0 aromatic rings. The zero-order valence-corrected chi connectivity index (χ0v) is 75.2. The number of hydrogen-bond acceptors (Lipinski definition) is 0. The van der Waals surface area contributed by atoms with E-state index in [0.29, 0.717) is 5.41 Å². The van der Waals surface area contributed by atoms with Crippen molar-refractivity contribution < 1.29 is 15.1 Å². The Morgan fingerprint density at radius 1 is 0.165 bits per heavy atom. The fourth-order valence-corrected chi connectivity index (χ4v) is 28.3. The molecule has 28 aliphatic carbocycles. The first-order valence-corrected chi connectivity index (χ1v) is 50.8. The van der Waals surface area contributed by atoms with Gasteiger partial charge < -0.3 is 0 Å². The van der Waals surface area contributed by atoms with Crippen molar-refractivity contribution in [2.24, 2.45) is 189 Å². The van der Waals surface area contributed by atoms with Gasteiger partial charge in [0.05, 0.1) is 0 Å². The zero-order valence-electron chi connectivity index (χ0n) is 86.2. The number of rotatable bonds is 0. The Labute approximate surface area is 700 Å². The van der Waals surface area contributed by atoms with Gasteiger partial charge in [-0.15, -0.1) is 0 Å². The molecule has 632 valence electrons. The molecule has 28 saturated carbocycles. The van der Waals surface area contributed by atoms with Crippen LogP contribution in [0, 0.1) is 189 Å². The van der Waals surface area contributed by atoms with Crippen molar-refractivity contribution in [3.8, 4) is 0 Å². The lowest BCUT2D eigenvalue weighted by Crippen LogP contribution is -2.48. The van der Waals surface area contributed by atoms with Gasteiger partial charge in [-0.2, -0.15) is 0 Å². The van der Waals surface area contributed by atoms with Gasteiger partial charge in [0.25, 0.3) is 0 Å². The van der Waals surface area contributed by atoms with E-state index < -0.39 is 0 Å². The molecule has 0 amide bonds. The fraction of sp³-hybridized carbons (Fsp3) is 1.00. The highest BCUT2D eigenvalue weighted by molar-refractivity contribution is 4.99. The van der Waals surface area contributed by atoms with Crippen LogP contribution in [0.3, 0.4) is 0 Å². The maximum atomic E-state index is 8.31. The molecular weight excluding hydrogens is 1310 g/mol. The molecule has 109 heavy (non-hydrogen) atoms. The molecule has 28 fully saturated rings. The summed E-state index contributed by atoms with van der Waals surface area (Å²) in [5.74, 6) is 17.2. The van der Waals surface area contributed by atoms with E-state index in [2.05, 4.69) is 76.2 Å². The highest BCUT2D eigenvalue weighted by Gasteiger charge is 2.49. The predicted molar refractivity (Wildman–Crippen MR) is 478 cm³/mol. The molecule has 1 spiro atoms. The van der Waals surface area contributed by atoms with E-state index in [9.17, 15) is 0 Å². The summed E-state index contributed by atoms with van der Waals surface area (Å²) >= 11 is 0. The molecular formula is C109H196. The number of fused-ring (bicyclic) bond motifs is 31. The fourth-order valence-electron chi connectivity index (χ4n) is 28.3. The Morgan fingerprint density at radius 3 is 0.771 bits per heavy atom. The summed E-state index contributed by atoms with van der Waals surface area (Å²) in [6.45, 7) is 23.3. The van der Waals surface area contributed by atoms with Gasteiger partial charge in [-0.1, -0.05) is 352 Å². The molecule has 0 aliphatic heterocycles. The number of hydrogen-bond donors (Lipinski definition) is 0. The van der Waals surface area contributed by atoms with Gasteiger partial charge in [0.2, 0.25) is 0 Å². The van der Waals surface area contributed by atoms with Crippen LogP contribution < -0.4 is 0 Å². The SMILES string of the molecule is [2H]C1(C)C2CC1C2.[2H]C1(C)CC2CCCC(CCC2)C1.[2H][C@@]1(C)CC2CC1C2.[2H][C@@]1(C)CC2CCCC1C2.[2H][C@@]1(C)CCC2(CCC2)C1.[2H][C@@]1(C)CCC2CC(C2)C1.[2H][C@@]1(C)CCC2CCC(C2)C1.[2H][C@@]1(C)CCC2CCC(CC2)C1.[2H][C@@]1(C)CCC2CCCC(C2)C1.[2H][C@@]1(C)CCC2CCCC(CC2)C1.[2H][C@@]1(C)CCC2CCCC(CCC2)C1. The maximum absolute atomic E-state index is 8.31. The first kappa shape index (κ1) is 74.1. The summed E-state index contributed by atoms with van der Waals surface area (Å²) in [5.41, 5.74) is 0.663. The second-order valence-electron chi connectivity index (χ2n) is 46.0. The molecule has 0 nitrogen and oxygen atoms in total. The largest absolute Gasteiger partial charge is 0.0625 e. The van der Waals surface area contributed by atoms with Crippen molar-refractivity contribution >= 4 is 0 Å². The minimum Gasteiger partial charge on any atom is -0.0625 e. The van der Waals surface area contributed by atoms with Crippen LogP contribution in [0.15, 0.2) is 0 Å². The van der Waals surface area contributed by atoms with Gasteiger partial charge in [-0.05, 0) is 336 Å². The van der Waals surface area contributed by atoms with E-state index >= 15 is 0 Å². The van der Waals surface area contributed by atoms with E-state index in [0.717, 1.165) is 163 Å². The lowest BCUT2D eigenvalue weighted by atomic mass is 9.49. The van der Waals surface area contributed by atoms with Crippen molar-refractivity contribution in [3.63, 3.8) is 0 Å². The first-order valence-electron chi connectivity index (χ1n) is 56.3. The molecule has 0 radical (unpaired) electrons. The predicted octanol–water partition coefficient (Wildman–Crippen LogP) is 35.2. The average molecular weight is 1520 g/mol. The van der Waals surface area contributed by atoms with E-state index in [1.807, 2.05) is 0 Å². The van der Waals surface area contributed by atoms with Crippen LogP contribution in [0.2, 0.25) is 0 Å². The lowest BCUT2D eigenvalue weighted by molar-refractivity contribution is -0.0673. The second kappa shape index (κ2) is 45.4. The van der Waals surface area contributed by atoms with Crippen molar-refractivity contribution in [2.75, 3.05) is 0 Å². The van der Waals surface area contributed by atoms with Crippen molar-refractivity contribution in [2.45, 2.75) is 500 Å². The molecule has 17 atom stereocenters. The Balaban J connectivity index is 0.000000121. The summed E-state index contributed by atoms with van der Waals surface area (Å²) in [6, 6.07) is 0. The van der Waals surface area contributed by atoms with E-state index in [1.165, 1.54) is 379 Å². The monoisotopic (exact) mass is 1520 g/mol. The van der Waals surface area contributed by atoms with Crippen LogP contribution in [0.5, 0.6) is 0 Å². The Kier molecular flexibility index (Phi) is 30.9. The van der Waals surface area contributed by atoms with Crippen molar-refractivity contribution in [1.82, 2.24) is 0 Å². The normalized spacial score (nSPS) is 55.3. The van der Waals surface area contributed by atoms with E-state index in [1.54, 1.807) is 0 Å². The molecule has 0 heteroatoms. The van der Waals surface area contributed by atoms with Crippen LogP contribution in [-0.4, -0.2) is 0 Å². The van der Waals surface area contributed by atoms with Crippen LogP contribution in [0.4, 0.5) is 0 Å². The molecule has 0 saturated heterocycles. The standard InChI is InChI=1S/C13H24.2C12H22.2C11H20.C10H18.3C9H16.C7H12.C6H10/c1-11-8-9-12-4-2-6-13(10-11)7-3-5-12;1-10-8-11-4-2-5-12(9-10)7-3-6-11;1-10-5-6-11-3-2-4-12(9-10)8-7-11;1-9-2-3-10-4-6-11(8-9)7-5-10;1-9-5-6-10-3-2-4-11(7-9)8-10;1-8-2-3-9-4-5-10(6-8)7-9;1-8-3-6-9(7-8)4-2-5-9;1-7-2-3-8-5-9(4-7)6-8;1-7-5-8-3-2-4-9(7)6-8;1-5-2-6-3-7(5)4-6;1-4-5-2-6(4)3-5/h11-13H,2-10H2,1H3;2*10-12H,2-9H2,1H3;2*9-11H,2-8H2,1H3;8-10H,2-7H2,1H3;8H,2-7H2,1H3;2*7-9H,2-6H2,1H3;5-7H,2-4H2,1H3;4-6H,2-3H2,1H3/t11-,12?,13?;;10-,11?,12?;2*9-,10?,11?;8-,9?,10?;8-;2*7-,8?,9?;5-,6?,7?;/m1.11111111./s1/i11D;2*10D;2*9D;2*8D;2*7D;5D;4D. The Morgan fingerprint density at radius 2 is 0.413 bits per heavy atom. The van der Waals surface area contributed by atoms with Gasteiger partial charge in [0, 0.05) is 15.1 Å². The van der Waals surface area contributed by atoms with Crippen LogP contribution >= 0.6 is 0 Å². The summed E-state index contributed by atoms with van der Waals surface area (Å²) in [7, 11) is 0. The smallest absolute Gasteiger partial charge is 0.0306 e. The van der Waals surface area contributed by atoms with Gasteiger partial charge in [0.1, 0.15) is 0 Å². The van der Waals surface area contributed by atoms with Gasteiger partial charge in [0.15, 0.2) is 0 Å². The van der Waals surface area contributed by atoms with Gasteiger partial charge in [-0.25, -0.2) is 0 Å². The Bertz CT molecular complexity index is 2930. The molecule has 0 aromatic carbocycles. The third-order valence-corrected chi connectivity index (χ3v) is 36.2. The summed E-state index contributed by atoms with van der Waals surface area (Å²) in [6.07, 6.45) is 88.4. The molecule has 28 aliphatic rings. The van der Waals surface area contributed by atoms with E-state index in [-0.39, 0.29) is 64.8 Å². The third-order valence-electron chi connectivity index (χ3n) is 36.2. The lowest BCUT2D eigenvalue weighted by Gasteiger charge is -2.56. The zero-order chi connectivity index (χ0) is 86.2. The minimum atomic E-state index is -0.113. The van der Waals surface area contributed by atoms with Gasteiger partial charge >= 0.3 is 0 Å².